The first-order chi connectivity index (χ1) is 8.56. The van der Waals surface area contributed by atoms with Crippen molar-refractivity contribution in [3.63, 3.8) is 0 Å². The third kappa shape index (κ3) is 2.84. The van der Waals surface area contributed by atoms with Gasteiger partial charge >= 0.3 is 0 Å². The zero-order valence-corrected chi connectivity index (χ0v) is 10.3. The standard InChI is InChI=1S/C13H10ClFN2O/c1-8-2-3-11(10(15)6-8)17-13(18)12-7-9(14)4-5-16-12/h2-7H,1H3,(H,17,18). The molecule has 0 aliphatic heterocycles. The lowest BCUT2D eigenvalue weighted by Gasteiger charge is -2.06. The summed E-state index contributed by atoms with van der Waals surface area (Å²) in [7, 11) is 0. The maximum Gasteiger partial charge on any atom is 0.274 e. The highest BCUT2D eigenvalue weighted by molar-refractivity contribution is 6.30. The fourth-order valence-corrected chi connectivity index (χ4v) is 1.60. The largest absolute Gasteiger partial charge is 0.318 e. The van der Waals surface area contributed by atoms with Crippen LogP contribution in [0.1, 0.15) is 16.1 Å². The number of carbonyl (C=O) groups is 1. The topological polar surface area (TPSA) is 42.0 Å². The van der Waals surface area contributed by atoms with Crippen molar-refractivity contribution in [1.82, 2.24) is 4.98 Å². The minimum absolute atomic E-state index is 0.118. The Hall–Kier alpha value is -1.94. The maximum absolute atomic E-state index is 13.5. The van der Waals surface area contributed by atoms with Crippen LogP contribution in [-0.4, -0.2) is 10.9 Å². The Morgan fingerprint density at radius 1 is 1.33 bits per heavy atom. The molecular formula is C13H10ClFN2O. The van der Waals surface area contributed by atoms with Gasteiger partial charge in [0.1, 0.15) is 11.5 Å². The summed E-state index contributed by atoms with van der Waals surface area (Å²) in [6, 6.07) is 7.55. The number of pyridine rings is 1. The van der Waals surface area contributed by atoms with Crippen LogP contribution in [0.2, 0.25) is 5.02 Å². The summed E-state index contributed by atoms with van der Waals surface area (Å²) < 4.78 is 13.5. The molecule has 1 N–H and O–H groups in total. The molecule has 1 aromatic heterocycles. The zero-order chi connectivity index (χ0) is 13.1. The molecule has 2 aromatic rings. The van der Waals surface area contributed by atoms with Crippen molar-refractivity contribution < 1.29 is 9.18 Å². The Morgan fingerprint density at radius 2 is 2.11 bits per heavy atom. The van der Waals surface area contributed by atoms with Gasteiger partial charge in [-0.2, -0.15) is 0 Å². The van der Waals surface area contributed by atoms with Crippen molar-refractivity contribution in [3.8, 4) is 0 Å². The lowest BCUT2D eigenvalue weighted by atomic mass is 10.2. The second kappa shape index (κ2) is 5.14. The van der Waals surface area contributed by atoms with Crippen LogP contribution in [0.3, 0.4) is 0 Å². The first-order valence-electron chi connectivity index (χ1n) is 5.25. The summed E-state index contributed by atoms with van der Waals surface area (Å²) in [5, 5.41) is 2.85. The quantitative estimate of drug-likeness (QED) is 0.903. The molecule has 92 valence electrons. The number of aryl methyl sites for hydroxylation is 1. The summed E-state index contributed by atoms with van der Waals surface area (Å²) in [5.41, 5.74) is 1.04. The van der Waals surface area contributed by atoms with E-state index in [2.05, 4.69) is 10.3 Å². The zero-order valence-electron chi connectivity index (χ0n) is 9.58. The van der Waals surface area contributed by atoms with E-state index in [1.165, 1.54) is 24.4 Å². The fraction of sp³-hybridized carbons (Fsp3) is 0.0769. The predicted octanol–water partition coefficient (Wildman–Crippen LogP) is 3.43. The van der Waals surface area contributed by atoms with Crippen molar-refractivity contribution >= 4 is 23.2 Å². The van der Waals surface area contributed by atoms with Gasteiger partial charge in [0.25, 0.3) is 5.91 Å². The van der Waals surface area contributed by atoms with Crippen LogP contribution in [0.5, 0.6) is 0 Å². The third-order valence-corrected chi connectivity index (χ3v) is 2.56. The molecule has 1 amide bonds. The van der Waals surface area contributed by atoms with Gasteiger partial charge in [-0.15, -0.1) is 0 Å². The first-order valence-corrected chi connectivity index (χ1v) is 5.63. The van der Waals surface area contributed by atoms with E-state index in [1.807, 2.05) is 0 Å². The minimum atomic E-state index is -0.500. The van der Waals surface area contributed by atoms with Crippen LogP contribution >= 0.6 is 11.6 Å². The van der Waals surface area contributed by atoms with Gasteiger partial charge in [0.2, 0.25) is 0 Å². The lowest BCUT2D eigenvalue weighted by Crippen LogP contribution is -2.14. The minimum Gasteiger partial charge on any atom is -0.318 e. The van der Waals surface area contributed by atoms with E-state index in [4.69, 9.17) is 11.6 Å². The Kier molecular flexibility index (Phi) is 3.58. The summed E-state index contributed by atoms with van der Waals surface area (Å²) >= 11 is 5.75. The van der Waals surface area contributed by atoms with Crippen LogP contribution < -0.4 is 5.32 Å². The van der Waals surface area contributed by atoms with Gasteiger partial charge in [-0.25, -0.2) is 4.39 Å². The van der Waals surface area contributed by atoms with Crippen LogP contribution in [-0.2, 0) is 0 Å². The number of rotatable bonds is 2. The van der Waals surface area contributed by atoms with Crippen LogP contribution in [0, 0.1) is 12.7 Å². The second-order valence-electron chi connectivity index (χ2n) is 3.80. The Labute approximate surface area is 109 Å². The van der Waals surface area contributed by atoms with Gasteiger partial charge in [0.15, 0.2) is 0 Å². The molecule has 0 aliphatic carbocycles. The molecule has 0 radical (unpaired) electrons. The third-order valence-electron chi connectivity index (χ3n) is 2.33. The molecule has 3 nitrogen and oxygen atoms in total. The molecule has 0 saturated heterocycles. The summed E-state index contributed by atoms with van der Waals surface area (Å²) in [6.07, 6.45) is 1.42. The molecule has 5 heteroatoms. The molecule has 0 unspecified atom stereocenters. The smallest absolute Gasteiger partial charge is 0.274 e. The van der Waals surface area contributed by atoms with Gasteiger partial charge in [0.05, 0.1) is 5.69 Å². The molecule has 1 heterocycles. The SMILES string of the molecule is Cc1ccc(NC(=O)c2cc(Cl)ccn2)c(F)c1. The number of hydrogen-bond acceptors (Lipinski definition) is 2. The summed E-state index contributed by atoms with van der Waals surface area (Å²) in [5.74, 6) is -0.981. The number of carbonyl (C=O) groups excluding carboxylic acids is 1. The van der Waals surface area contributed by atoms with Gasteiger partial charge in [-0.05, 0) is 36.8 Å². The monoisotopic (exact) mass is 264 g/mol. The van der Waals surface area contributed by atoms with E-state index < -0.39 is 11.7 Å². The van der Waals surface area contributed by atoms with Gasteiger partial charge in [-0.3, -0.25) is 9.78 Å². The molecule has 0 saturated carbocycles. The highest BCUT2D eigenvalue weighted by Crippen LogP contribution is 2.16. The van der Waals surface area contributed by atoms with Crippen molar-refractivity contribution in [2.75, 3.05) is 5.32 Å². The number of aromatic nitrogens is 1. The van der Waals surface area contributed by atoms with Crippen LogP contribution in [0.4, 0.5) is 10.1 Å². The predicted molar refractivity (Wildman–Crippen MR) is 68.3 cm³/mol. The van der Waals surface area contributed by atoms with Crippen molar-refractivity contribution in [3.05, 3.63) is 58.6 Å². The molecule has 0 atom stereocenters. The van der Waals surface area contributed by atoms with Gasteiger partial charge in [0, 0.05) is 11.2 Å². The lowest BCUT2D eigenvalue weighted by molar-refractivity contribution is 0.102. The number of amides is 1. The molecule has 0 bridgehead atoms. The van der Waals surface area contributed by atoms with Gasteiger partial charge < -0.3 is 5.32 Å². The average Bonchev–Trinajstić information content (AvgIpc) is 2.32. The molecule has 0 aliphatic rings. The molecular weight excluding hydrogens is 255 g/mol. The number of anilines is 1. The normalized spacial score (nSPS) is 10.2. The van der Waals surface area contributed by atoms with Crippen molar-refractivity contribution in [1.29, 1.82) is 0 Å². The van der Waals surface area contributed by atoms with Crippen molar-refractivity contribution in [2.45, 2.75) is 6.92 Å². The van der Waals surface area contributed by atoms with E-state index in [0.29, 0.717) is 5.02 Å². The summed E-state index contributed by atoms with van der Waals surface area (Å²) in [6.45, 7) is 1.77. The highest BCUT2D eigenvalue weighted by Gasteiger charge is 2.10. The Balaban J connectivity index is 2.21. The number of halogens is 2. The Bertz CT molecular complexity index is 601. The number of hydrogen-bond donors (Lipinski definition) is 1. The molecule has 0 fully saturated rings. The number of nitrogens with zero attached hydrogens (tertiary/aromatic N) is 1. The number of nitrogens with one attached hydrogen (secondary N) is 1. The number of benzene rings is 1. The molecule has 0 spiro atoms. The van der Waals surface area contributed by atoms with E-state index in [9.17, 15) is 9.18 Å². The van der Waals surface area contributed by atoms with Crippen LogP contribution in [0.25, 0.3) is 0 Å². The van der Waals surface area contributed by atoms with E-state index >= 15 is 0 Å². The van der Waals surface area contributed by atoms with E-state index in [0.717, 1.165) is 5.56 Å². The van der Waals surface area contributed by atoms with Crippen LogP contribution in [0.15, 0.2) is 36.5 Å². The Morgan fingerprint density at radius 3 is 2.78 bits per heavy atom. The second-order valence-corrected chi connectivity index (χ2v) is 4.23. The molecule has 1 aromatic carbocycles. The molecule has 2 rings (SSSR count). The van der Waals surface area contributed by atoms with Crippen molar-refractivity contribution in [2.24, 2.45) is 0 Å². The summed E-state index contributed by atoms with van der Waals surface area (Å²) in [4.78, 5) is 15.7. The van der Waals surface area contributed by atoms with E-state index in [1.54, 1.807) is 19.1 Å². The molecule has 18 heavy (non-hydrogen) atoms. The maximum atomic E-state index is 13.5. The van der Waals surface area contributed by atoms with E-state index in [-0.39, 0.29) is 11.4 Å². The van der Waals surface area contributed by atoms with Gasteiger partial charge in [-0.1, -0.05) is 17.7 Å². The average molecular weight is 265 g/mol. The first kappa shape index (κ1) is 12.5. The highest BCUT2D eigenvalue weighted by atomic mass is 35.5. The fourth-order valence-electron chi connectivity index (χ4n) is 1.44.